The Morgan fingerprint density at radius 3 is 2.56 bits per heavy atom. The lowest BCUT2D eigenvalue weighted by Gasteiger charge is -2.14. The number of methoxy groups -OCH3 is 3. The van der Waals surface area contributed by atoms with Gasteiger partial charge in [-0.05, 0) is 19.1 Å². The van der Waals surface area contributed by atoms with E-state index in [-0.39, 0.29) is 5.75 Å². The molecule has 2 aromatic heterocycles. The van der Waals surface area contributed by atoms with Gasteiger partial charge in [0.15, 0.2) is 17.3 Å². The highest BCUT2D eigenvalue weighted by atomic mass is 32.2. The fourth-order valence-electron chi connectivity index (χ4n) is 2.56. The minimum atomic E-state index is -1.41. The lowest BCUT2D eigenvalue weighted by molar-refractivity contribution is 0.348. The first-order valence-electron chi connectivity index (χ1n) is 7.56. The van der Waals surface area contributed by atoms with Crippen molar-refractivity contribution in [2.24, 2.45) is 0 Å². The predicted molar refractivity (Wildman–Crippen MR) is 94.8 cm³/mol. The first-order chi connectivity index (χ1) is 12.1. The van der Waals surface area contributed by atoms with E-state index in [1.807, 2.05) is 19.1 Å². The highest BCUT2D eigenvalue weighted by molar-refractivity contribution is 7.90. The number of imidazole rings is 1. The van der Waals surface area contributed by atoms with Crippen molar-refractivity contribution >= 4 is 22.2 Å². The molecule has 1 N–H and O–H groups in total. The number of pyridine rings is 1. The summed E-state index contributed by atoms with van der Waals surface area (Å²) in [5.41, 5.74) is 2.90. The summed E-state index contributed by atoms with van der Waals surface area (Å²) in [6.45, 7) is 1.88. The smallest absolute Gasteiger partial charge is 0.322 e. The molecule has 0 aliphatic carbocycles. The molecule has 0 saturated carbocycles. The van der Waals surface area contributed by atoms with Crippen molar-refractivity contribution in [2.75, 3.05) is 21.3 Å². The molecule has 1 unspecified atom stereocenters. The van der Waals surface area contributed by atoms with Crippen LogP contribution in [0.1, 0.15) is 11.3 Å². The van der Waals surface area contributed by atoms with Crippen LogP contribution in [-0.4, -0.2) is 40.8 Å². The predicted octanol–water partition coefficient (Wildman–Crippen LogP) is 2.60. The quantitative estimate of drug-likeness (QED) is 0.679. The van der Waals surface area contributed by atoms with Gasteiger partial charge in [0.25, 0.3) is 0 Å². The van der Waals surface area contributed by atoms with Crippen molar-refractivity contribution in [3.63, 3.8) is 0 Å². The van der Waals surface area contributed by atoms with Crippen LogP contribution in [0.2, 0.25) is 0 Å². The normalized spacial score (nSPS) is 12.2. The summed E-state index contributed by atoms with van der Waals surface area (Å²) < 4.78 is 28.7. The molecular weight excluding hydrogens is 342 g/mol. The largest absolute Gasteiger partial charge is 0.609 e. The second-order valence-corrected chi connectivity index (χ2v) is 6.74. The molecule has 0 aliphatic heterocycles. The monoisotopic (exact) mass is 361 g/mol. The van der Waals surface area contributed by atoms with E-state index in [9.17, 15) is 4.55 Å². The molecule has 0 spiro atoms. The van der Waals surface area contributed by atoms with Crippen LogP contribution in [0.25, 0.3) is 11.0 Å². The second kappa shape index (κ2) is 7.20. The number of ether oxygens (including phenoxy) is 3. The van der Waals surface area contributed by atoms with Gasteiger partial charge >= 0.3 is 5.16 Å². The van der Waals surface area contributed by atoms with Crippen molar-refractivity contribution in [1.82, 2.24) is 15.0 Å². The van der Waals surface area contributed by atoms with Crippen LogP contribution < -0.4 is 14.2 Å². The lowest BCUT2D eigenvalue weighted by Crippen LogP contribution is -2.10. The number of nitrogens with one attached hydrogen (secondary N) is 1. The molecule has 0 aliphatic rings. The van der Waals surface area contributed by atoms with Gasteiger partial charge in [-0.2, -0.15) is 4.98 Å². The number of hydrogen-bond acceptors (Lipinski definition) is 6. The van der Waals surface area contributed by atoms with E-state index in [1.165, 1.54) is 0 Å². The van der Waals surface area contributed by atoms with Crippen molar-refractivity contribution in [3.8, 4) is 17.2 Å². The fourth-order valence-corrected chi connectivity index (χ4v) is 3.57. The van der Waals surface area contributed by atoms with E-state index in [0.29, 0.717) is 33.6 Å². The molecule has 0 amide bonds. The Labute approximate surface area is 148 Å². The number of aryl methyl sites for hydroxylation is 1. The summed E-state index contributed by atoms with van der Waals surface area (Å²) in [5.74, 6) is 1.95. The molecule has 25 heavy (non-hydrogen) atoms. The molecule has 0 saturated heterocycles. The third-order valence-corrected chi connectivity index (χ3v) is 4.96. The van der Waals surface area contributed by atoms with E-state index in [2.05, 4.69) is 15.0 Å². The Balaban J connectivity index is 1.91. The number of H-pyrrole nitrogens is 1. The number of rotatable bonds is 6. The van der Waals surface area contributed by atoms with Crippen LogP contribution in [-0.2, 0) is 16.9 Å². The zero-order valence-electron chi connectivity index (χ0n) is 14.5. The van der Waals surface area contributed by atoms with E-state index in [1.54, 1.807) is 33.6 Å². The highest BCUT2D eigenvalue weighted by Crippen LogP contribution is 2.34. The molecule has 2 heterocycles. The van der Waals surface area contributed by atoms with Crippen molar-refractivity contribution in [1.29, 1.82) is 0 Å². The van der Waals surface area contributed by atoms with Gasteiger partial charge in [0.05, 0.1) is 32.4 Å². The van der Waals surface area contributed by atoms with Crippen LogP contribution in [0.4, 0.5) is 0 Å². The summed E-state index contributed by atoms with van der Waals surface area (Å²) in [6, 6.07) is 5.46. The third-order valence-electron chi connectivity index (χ3n) is 3.80. The van der Waals surface area contributed by atoms with E-state index in [4.69, 9.17) is 14.2 Å². The molecule has 3 aromatic rings. The van der Waals surface area contributed by atoms with Crippen molar-refractivity contribution < 1.29 is 18.8 Å². The second-order valence-electron chi connectivity index (χ2n) is 5.37. The number of hydrogen-bond donors (Lipinski definition) is 1. The zero-order valence-corrected chi connectivity index (χ0v) is 15.3. The summed E-state index contributed by atoms with van der Waals surface area (Å²) in [6.07, 6.45) is 1.68. The number of aromatic amines is 1. The lowest BCUT2D eigenvalue weighted by atomic mass is 10.2. The maximum Gasteiger partial charge on any atom is 0.322 e. The van der Waals surface area contributed by atoms with Crippen LogP contribution >= 0.6 is 0 Å². The first-order valence-corrected chi connectivity index (χ1v) is 8.87. The van der Waals surface area contributed by atoms with Gasteiger partial charge in [0.2, 0.25) is 0 Å². The van der Waals surface area contributed by atoms with E-state index in [0.717, 1.165) is 11.1 Å². The molecule has 1 atom stereocenters. The number of aromatic nitrogens is 3. The fraction of sp³-hybridized carbons (Fsp3) is 0.294. The van der Waals surface area contributed by atoms with Gasteiger partial charge in [-0.25, -0.2) is 0 Å². The Bertz CT molecular complexity index is 897. The highest BCUT2D eigenvalue weighted by Gasteiger charge is 2.23. The molecule has 1 aromatic carbocycles. The third kappa shape index (κ3) is 3.35. The Hall–Kier alpha value is -2.45. The molecule has 3 rings (SSSR count). The van der Waals surface area contributed by atoms with Gasteiger partial charge in [-0.1, -0.05) is 0 Å². The average Bonchev–Trinajstić information content (AvgIpc) is 3.05. The molecular formula is C17H19N3O4S. The molecule has 0 radical (unpaired) electrons. The minimum absolute atomic E-state index is 0.163. The Kier molecular flexibility index (Phi) is 5.00. The summed E-state index contributed by atoms with van der Waals surface area (Å²) in [4.78, 5) is 11.8. The summed E-state index contributed by atoms with van der Waals surface area (Å²) >= 11 is -1.41. The van der Waals surface area contributed by atoms with Crippen LogP contribution in [0.3, 0.4) is 0 Å². The minimum Gasteiger partial charge on any atom is -0.609 e. The molecule has 8 heteroatoms. The molecule has 132 valence electrons. The van der Waals surface area contributed by atoms with Gasteiger partial charge in [-0.3, -0.25) is 9.97 Å². The topological polar surface area (TPSA) is 92.3 Å². The first kappa shape index (κ1) is 17.4. The average molecular weight is 361 g/mol. The van der Waals surface area contributed by atoms with Crippen molar-refractivity contribution in [2.45, 2.75) is 17.8 Å². The van der Waals surface area contributed by atoms with E-state index < -0.39 is 11.2 Å². The van der Waals surface area contributed by atoms with Crippen LogP contribution in [0, 0.1) is 6.92 Å². The summed E-state index contributed by atoms with van der Waals surface area (Å²) in [5, 5.41) is 0.381. The Morgan fingerprint density at radius 2 is 1.88 bits per heavy atom. The zero-order chi connectivity index (χ0) is 18.0. The number of benzene rings is 1. The van der Waals surface area contributed by atoms with E-state index >= 15 is 0 Å². The molecule has 7 nitrogen and oxygen atoms in total. The van der Waals surface area contributed by atoms with Crippen LogP contribution in [0.15, 0.2) is 29.6 Å². The SMILES string of the molecule is COc1ccc2[nH]c([S+]([O-])Cc3ncc(C)c(OC)c3OC)nc2c1. The van der Waals surface area contributed by atoms with Gasteiger partial charge in [0.1, 0.15) is 11.4 Å². The maximum absolute atomic E-state index is 12.7. The number of nitrogens with zero attached hydrogens (tertiary/aromatic N) is 2. The maximum atomic E-state index is 12.7. The standard InChI is InChI=1S/C17H19N3O4S/c1-10-8-18-14(16(24-4)15(10)23-3)9-25(21)17-19-12-6-5-11(22-2)7-13(12)20-17/h5-8H,9H2,1-4H3,(H,19,20). The van der Waals surface area contributed by atoms with Gasteiger partial charge in [0, 0.05) is 29.0 Å². The summed E-state index contributed by atoms with van der Waals surface area (Å²) in [7, 11) is 4.70. The molecule has 0 fully saturated rings. The molecule has 0 bridgehead atoms. The number of fused-ring (bicyclic) bond motifs is 1. The van der Waals surface area contributed by atoms with Gasteiger partial charge in [-0.15, -0.1) is 0 Å². The van der Waals surface area contributed by atoms with Crippen LogP contribution in [0.5, 0.6) is 17.2 Å². The van der Waals surface area contributed by atoms with Crippen molar-refractivity contribution in [3.05, 3.63) is 35.7 Å². The van der Waals surface area contributed by atoms with Gasteiger partial charge < -0.3 is 18.8 Å². The Morgan fingerprint density at radius 1 is 1.12 bits per heavy atom.